The lowest BCUT2D eigenvalue weighted by atomic mass is 9.83. The van der Waals surface area contributed by atoms with Crippen LogP contribution in [-0.4, -0.2) is 28.7 Å². The van der Waals surface area contributed by atoms with Crippen LogP contribution in [0.15, 0.2) is 0 Å². The normalized spacial score (nSPS) is 32.1. The third-order valence-corrected chi connectivity index (χ3v) is 5.75. The first-order valence-electron chi connectivity index (χ1n) is 7.22. The Labute approximate surface area is 119 Å². The van der Waals surface area contributed by atoms with E-state index in [-0.39, 0.29) is 5.60 Å². The molecule has 0 bridgehead atoms. The Hall–Kier alpha value is 0.650. The summed E-state index contributed by atoms with van der Waals surface area (Å²) in [6.45, 7) is 5.55. The first-order chi connectivity index (χ1) is 8.18. The van der Waals surface area contributed by atoms with E-state index in [1.54, 1.807) is 0 Å². The van der Waals surface area contributed by atoms with Gasteiger partial charge in [-0.1, -0.05) is 42.4 Å². The summed E-state index contributed by atoms with van der Waals surface area (Å²) in [7, 11) is 0. The number of rotatable bonds is 5. The predicted octanol–water partition coefficient (Wildman–Crippen LogP) is 3.67. The molecule has 1 saturated carbocycles. The van der Waals surface area contributed by atoms with Crippen molar-refractivity contribution in [3.05, 3.63) is 0 Å². The van der Waals surface area contributed by atoms with Gasteiger partial charge in [0.05, 0.1) is 5.60 Å². The standard InChI is InChI=1S/C14H26INO/c1-2-9-16-10-7-13(15)8-11-17-14(12-13)5-3-4-6-14/h16H,2-12H2,1H3. The van der Waals surface area contributed by atoms with Crippen LogP contribution in [-0.2, 0) is 4.74 Å². The summed E-state index contributed by atoms with van der Waals surface area (Å²) < 4.78 is 6.61. The van der Waals surface area contributed by atoms with Gasteiger partial charge in [0.1, 0.15) is 0 Å². The molecule has 2 fully saturated rings. The maximum atomic E-state index is 6.12. The van der Waals surface area contributed by atoms with E-state index in [2.05, 4.69) is 34.8 Å². The van der Waals surface area contributed by atoms with Crippen molar-refractivity contribution in [2.75, 3.05) is 19.7 Å². The molecular weight excluding hydrogens is 325 g/mol. The monoisotopic (exact) mass is 351 g/mol. The van der Waals surface area contributed by atoms with E-state index < -0.39 is 0 Å². The van der Waals surface area contributed by atoms with Crippen LogP contribution in [0, 0.1) is 0 Å². The van der Waals surface area contributed by atoms with Gasteiger partial charge in [-0.2, -0.15) is 0 Å². The first kappa shape index (κ1) is 14.1. The average molecular weight is 351 g/mol. The molecule has 1 spiro atoms. The van der Waals surface area contributed by atoms with Gasteiger partial charge in [-0.15, -0.1) is 0 Å². The Morgan fingerprint density at radius 2 is 1.94 bits per heavy atom. The van der Waals surface area contributed by atoms with E-state index >= 15 is 0 Å². The van der Waals surface area contributed by atoms with Crippen LogP contribution < -0.4 is 5.32 Å². The van der Waals surface area contributed by atoms with Gasteiger partial charge in [-0.05, 0) is 51.6 Å². The van der Waals surface area contributed by atoms with Crippen LogP contribution in [0.4, 0.5) is 0 Å². The van der Waals surface area contributed by atoms with E-state index in [1.807, 2.05) is 0 Å². The van der Waals surface area contributed by atoms with Crippen molar-refractivity contribution >= 4 is 22.6 Å². The maximum absolute atomic E-state index is 6.12. The van der Waals surface area contributed by atoms with Crippen LogP contribution in [0.2, 0.25) is 0 Å². The number of halogens is 1. The van der Waals surface area contributed by atoms with E-state index in [0.717, 1.165) is 13.2 Å². The lowest BCUT2D eigenvalue weighted by Crippen LogP contribution is -2.45. The quantitative estimate of drug-likeness (QED) is 0.464. The summed E-state index contributed by atoms with van der Waals surface area (Å²) in [5.74, 6) is 0. The minimum atomic E-state index is 0.268. The second-order valence-electron chi connectivity index (χ2n) is 5.82. The molecule has 0 aromatic rings. The van der Waals surface area contributed by atoms with Crippen molar-refractivity contribution in [1.29, 1.82) is 0 Å². The van der Waals surface area contributed by atoms with Gasteiger partial charge in [0, 0.05) is 10.0 Å². The van der Waals surface area contributed by atoms with Crippen molar-refractivity contribution in [2.45, 2.75) is 67.3 Å². The SMILES string of the molecule is CCCNCCC1(I)CCOC2(CCCC2)C1. The molecule has 1 aliphatic heterocycles. The Morgan fingerprint density at radius 3 is 2.65 bits per heavy atom. The molecule has 2 rings (SSSR count). The van der Waals surface area contributed by atoms with Gasteiger partial charge in [-0.3, -0.25) is 0 Å². The topological polar surface area (TPSA) is 21.3 Å². The van der Waals surface area contributed by atoms with Gasteiger partial charge in [0.25, 0.3) is 0 Å². The molecular formula is C14H26INO. The maximum Gasteiger partial charge on any atom is 0.0695 e. The fraction of sp³-hybridized carbons (Fsp3) is 1.00. The largest absolute Gasteiger partial charge is 0.375 e. The molecule has 0 radical (unpaired) electrons. The third-order valence-electron chi connectivity index (χ3n) is 4.29. The molecule has 17 heavy (non-hydrogen) atoms. The van der Waals surface area contributed by atoms with Crippen molar-refractivity contribution in [3.63, 3.8) is 0 Å². The molecule has 100 valence electrons. The van der Waals surface area contributed by atoms with Crippen molar-refractivity contribution in [1.82, 2.24) is 5.32 Å². The van der Waals surface area contributed by atoms with E-state index in [0.29, 0.717) is 3.42 Å². The summed E-state index contributed by atoms with van der Waals surface area (Å²) in [6.07, 6.45) is 10.4. The Bertz CT molecular complexity index is 240. The van der Waals surface area contributed by atoms with E-state index in [1.165, 1.54) is 57.9 Å². The highest BCUT2D eigenvalue weighted by atomic mass is 127. The number of nitrogens with one attached hydrogen (secondary N) is 1. The third kappa shape index (κ3) is 3.80. The Kier molecular flexibility index (Phi) is 5.13. The summed E-state index contributed by atoms with van der Waals surface area (Å²) in [5, 5.41) is 3.54. The van der Waals surface area contributed by atoms with Crippen molar-refractivity contribution in [3.8, 4) is 0 Å². The summed E-state index contributed by atoms with van der Waals surface area (Å²) in [6, 6.07) is 0. The minimum Gasteiger partial charge on any atom is -0.375 e. The zero-order chi connectivity index (χ0) is 12.2. The summed E-state index contributed by atoms with van der Waals surface area (Å²) in [5.41, 5.74) is 0.268. The van der Waals surface area contributed by atoms with Crippen LogP contribution in [0.5, 0.6) is 0 Å². The smallest absolute Gasteiger partial charge is 0.0695 e. The number of alkyl halides is 1. The van der Waals surface area contributed by atoms with E-state index in [9.17, 15) is 0 Å². The molecule has 1 saturated heterocycles. The highest BCUT2D eigenvalue weighted by Gasteiger charge is 2.45. The molecule has 1 unspecified atom stereocenters. The molecule has 0 aromatic heterocycles. The van der Waals surface area contributed by atoms with Crippen molar-refractivity contribution < 1.29 is 4.74 Å². The Balaban J connectivity index is 1.82. The van der Waals surface area contributed by atoms with Crippen LogP contribution in [0.25, 0.3) is 0 Å². The second-order valence-corrected chi connectivity index (χ2v) is 8.10. The van der Waals surface area contributed by atoms with Gasteiger partial charge in [-0.25, -0.2) is 0 Å². The van der Waals surface area contributed by atoms with Gasteiger partial charge in [0.2, 0.25) is 0 Å². The fourth-order valence-electron chi connectivity index (χ4n) is 3.34. The molecule has 1 atom stereocenters. The molecule has 1 N–H and O–H groups in total. The molecule has 1 aliphatic carbocycles. The molecule has 0 amide bonds. The lowest BCUT2D eigenvalue weighted by Gasteiger charge is -2.43. The average Bonchev–Trinajstić information content (AvgIpc) is 2.72. The molecule has 2 nitrogen and oxygen atoms in total. The van der Waals surface area contributed by atoms with Crippen LogP contribution >= 0.6 is 22.6 Å². The molecule has 1 heterocycles. The second kappa shape index (κ2) is 6.20. The highest BCUT2D eigenvalue weighted by molar-refractivity contribution is 14.1. The minimum absolute atomic E-state index is 0.268. The van der Waals surface area contributed by atoms with E-state index in [4.69, 9.17) is 4.74 Å². The zero-order valence-corrected chi connectivity index (χ0v) is 13.2. The molecule has 3 heteroatoms. The van der Waals surface area contributed by atoms with Gasteiger partial charge >= 0.3 is 0 Å². The summed E-state index contributed by atoms with van der Waals surface area (Å²) >= 11 is 2.72. The number of ether oxygens (including phenoxy) is 1. The lowest BCUT2D eigenvalue weighted by molar-refractivity contribution is -0.0831. The Morgan fingerprint density at radius 1 is 1.18 bits per heavy atom. The number of hydrogen-bond acceptors (Lipinski definition) is 2. The zero-order valence-electron chi connectivity index (χ0n) is 11.1. The molecule has 0 aromatic carbocycles. The fourth-order valence-corrected chi connectivity index (χ4v) is 4.52. The molecule has 2 aliphatic rings. The van der Waals surface area contributed by atoms with Crippen LogP contribution in [0.3, 0.4) is 0 Å². The highest BCUT2D eigenvalue weighted by Crippen LogP contribution is 2.48. The summed E-state index contributed by atoms with van der Waals surface area (Å²) in [4.78, 5) is 0. The van der Waals surface area contributed by atoms with Crippen LogP contribution in [0.1, 0.15) is 58.3 Å². The van der Waals surface area contributed by atoms with Crippen molar-refractivity contribution in [2.24, 2.45) is 0 Å². The van der Waals surface area contributed by atoms with Gasteiger partial charge < -0.3 is 10.1 Å². The predicted molar refractivity (Wildman–Crippen MR) is 80.9 cm³/mol. The van der Waals surface area contributed by atoms with Gasteiger partial charge in [0.15, 0.2) is 0 Å². The first-order valence-corrected chi connectivity index (χ1v) is 8.30. The number of hydrogen-bond donors (Lipinski definition) is 1.